The van der Waals surface area contributed by atoms with Crippen LogP contribution in [0.15, 0.2) is 24.3 Å². The van der Waals surface area contributed by atoms with Crippen molar-refractivity contribution in [3.63, 3.8) is 0 Å². The lowest BCUT2D eigenvalue weighted by Gasteiger charge is -2.33. The number of nitrogens with zero attached hydrogens (tertiary/aromatic N) is 1. The van der Waals surface area contributed by atoms with Crippen LogP contribution in [0.1, 0.15) is 82.5 Å². The van der Waals surface area contributed by atoms with Crippen LogP contribution in [0.25, 0.3) is 10.9 Å². The summed E-state index contributed by atoms with van der Waals surface area (Å²) in [5.74, 6) is 1.96. The maximum atomic E-state index is 11.7. The number of hydrogen-bond acceptors (Lipinski definition) is 3. The van der Waals surface area contributed by atoms with E-state index in [1.807, 2.05) is 0 Å². The van der Waals surface area contributed by atoms with Crippen molar-refractivity contribution < 1.29 is 9.53 Å². The van der Waals surface area contributed by atoms with Gasteiger partial charge < -0.3 is 14.6 Å². The van der Waals surface area contributed by atoms with Gasteiger partial charge in [0.15, 0.2) is 0 Å². The number of carbonyl (C=O) groups excluding carboxylic acids is 1. The molecule has 158 valence electrons. The minimum atomic E-state index is -0.193. The third-order valence-electron chi connectivity index (χ3n) is 7.26. The van der Waals surface area contributed by atoms with Gasteiger partial charge in [0.25, 0.3) is 0 Å². The van der Waals surface area contributed by atoms with Crippen molar-refractivity contribution >= 4 is 16.9 Å². The summed E-state index contributed by atoms with van der Waals surface area (Å²) in [5.41, 5.74) is 4.02. The van der Waals surface area contributed by atoms with E-state index in [0.29, 0.717) is 18.6 Å². The number of rotatable bonds is 5. The molecule has 0 radical (unpaired) electrons. The van der Waals surface area contributed by atoms with E-state index in [4.69, 9.17) is 4.74 Å². The van der Waals surface area contributed by atoms with Crippen molar-refractivity contribution in [2.24, 2.45) is 11.8 Å². The average Bonchev–Trinajstić information content (AvgIpc) is 3.07. The standard InChI is InChI=1S/C25H36N2O2/c1-17(2)19-8-10-21(11-9-19)27-23-7-5-4-6-22(23)25(20-12-14-26-15-13-20)24(27)16-29-18(3)28/h4-7,17,19-21,26H,8-16H2,1-3H3. The number of aromatic nitrogens is 1. The Morgan fingerprint density at radius 1 is 1.10 bits per heavy atom. The van der Waals surface area contributed by atoms with Crippen molar-refractivity contribution in [3.8, 4) is 0 Å². The summed E-state index contributed by atoms with van der Waals surface area (Å²) in [7, 11) is 0. The first kappa shape index (κ1) is 20.5. The Labute approximate surface area is 175 Å². The Hall–Kier alpha value is -1.81. The molecule has 1 aliphatic carbocycles. The summed E-state index contributed by atoms with van der Waals surface area (Å²) in [6, 6.07) is 9.37. The molecule has 4 heteroatoms. The Balaban J connectivity index is 1.77. The first-order valence-electron chi connectivity index (χ1n) is 11.5. The molecular formula is C25H36N2O2. The zero-order chi connectivity index (χ0) is 20.4. The molecule has 0 bridgehead atoms. The van der Waals surface area contributed by atoms with Gasteiger partial charge in [-0.2, -0.15) is 0 Å². The molecule has 2 heterocycles. The predicted octanol–water partition coefficient (Wildman–Crippen LogP) is 5.56. The van der Waals surface area contributed by atoms with Crippen LogP contribution in [0.5, 0.6) is 0 Å². The second kappa shape index (κ2) is 8.91. The van der Waals surface area contributed by atoms with Crippen LogP contribution in [0, 0.1) is 11.8 Å². The molecule has 0 spiro atoms. The predicted molar refractivity (Wildman–Crippen MR) is 118 cm³/mol. The molecule has 4 nitrogen and oxygen atoms in total. The van der Waals surface area contributed by atoms with E-state index in [2.05, 4.69) is 48.0 Å². The maximum Gasteiger partial charge on any atom is 0.303 e. The van der Waals surface area contributed by atoms with Crippen LogP contribution in [-0.4, -0.2) is 23.6 Å². The van der Waals surface area contributed by atoms with E-state index in [1.165, 1.54) is 54.8 Å². The fourth-order valence-corrected chi connectivity index (χ4v) is 5.67. The van der Waals surface area contributed by atoms with Crippen LogP contribution in [-0.2, 0) is 16.1 Å². The molecule has 1 saturated carbocycles. The summed E-state index contributed by atoms with van der Waals surface area (Å²) < 4.78 is 8.17. The zero-order valence-electron chi connectivity index (χ0n) is 18.2. The number of hydrogen-bond donors (Lipinski definition) is 1. The van der Waals surface area contributed by atoms with Crippen LogP contribution < -0.4 is 5.32 Å². The molecule has 29 heavy (non-hydrogen) atoms. The van der Waals surface area contributed by atoms with Gasteiger partial charge in [0, 0.05) is 23.9 Å². The Morgan fingerprint density at radius 2 is 1.79 bits per heavy atom. The molecule has 0 amide bonds. The molecule has 1 aromatic heterocycles. The lowest BCUT2D eigenvalue weighted by Crippen LogP contribution is -2.27. The summed E-state index contributed by atoms with van der Waals surface area (Å²) in [4.78, 5) is 11.7. The van der Waals surface area contributed by atoms with Crippen molar-refractivity contribution in [3.05, 3.63) is 35.5 Å². The Morgan fingerprint density at radius 3 is 2.45 bits per heavy atom. The molecule has 2 aliphatic rings. The van der Waals surface area contributed by atoms with Gasteiger partial charge in [-0.25, -0.2) is 0 Å². The number of ether oxygens (including phenoxy) is 1. The van der Waals surface area contributed by atoms with Crippen LogP contribution >= 0.6 is 0 Å². The molecule has 1 aliphatic heterocycles. The highest BCUT2D eigenvalue weighted by Crippen LogP contribution is 2.43. The molecule has 1 aromatic carbocycles. The summed E-state index contributed by atoms with van der Waals surface area (Å²) in [5, 5.41) is 4.86. The van der Waals surface area contributed by atoms with Gasteiger partial charge in [-0.05, 0) is 81.0 Å². The van der Waals surface area contributed by atoms with Crippen molar-refractivity contribution in [2.75, 3.05) is 13.1 Å². The zero-order valence-corrected chi connectivity index (χ0v) is 18.2. The Kier molecular flexibility index (Phi) is 6.29. The first-order valence-corrected chi connectivity index (χ1v) is 11.5. The largest absolute Gasteiger partial charge is 0.459 e. The lowest BCUT2D eigenvalue weighted by molar-refractivity contribution is -0.142. The molecule has 0 atom stereocenters. The fraction of sp³-hybridized carbons (Fsp3) is 0.640. The van der Waals surface area contributed by atoms with Gasteiger partial charge in [-0.15, -0.1) is 0 Å². The van der Waals surface area contributed by atoms with Crippen molar-refractivity contribution in [1.29, 1.82) is 0 Å². The molecule has 1 N–H and O–H groups in total. The molecule has 4 rings (SSSR count). The smallest absolute Gasteiger partial charge is 0.303 e. The maximum absolute atomic E-state index is 11.7. The van der Waals surface area contributed by atoms with Crippen LogP contribution in [0.2, 0.25) is 0 Å². The van der Waals surface area contributed by atoms with Crippen LogP contribution in [0.4, 0.5) is 0 Å². The highest BCUT2D eigenvalue weighted by molar-refractivity contribution is 5.86. The molecule has 0 unspecified atom stereocenters. The molecule has 1 saturated heterocycles. The van der Waals surface area contributed by atoms with E-state index >= 15 is 0 Å². The summed E-state index contributed by atoms with van der Waals surface area (Å²) >= 11 is 0. The molecule has 2 fully saturated rings. The number of carbonyl (C=O) groups is 1. The van der Waals surface area contributed by atoms with Gasteiger partial charge in [0.05, 0.1) is 5.69 Å². The van der Waals surface area contributed by atoms with Gasteiger partial charge in [0.2, 0.25) is 0 Å². The normalized spacial score (nSPS) is 23.6. The monoisotopic (exact) mass is 396 g/mol. The van der Waals surface area contributed by atoms with E-state index < -0.39 is 0 Å². The number of fused-ring (bicyclic) bond motifs is 1. The fourth-order valence-electron chi connectivity index (χ4n) is 5.67. The highest BCUT2D eigenvalue weighted by Gasteiger charge is 2.31. The average molecular weight is 397 g/mol. The minimum Gasteiger partial charge on any atom is -0.459 e. The van der Waals surface area contributed by atoms with Gasteiger partial charge in [-0.1, -0.05) is 32.0 Å². The second-order valence-electron chi connectivity index (χ2n) is 9.36. The minimum absolute atomic E-state index is 0.193. The topological polar surface area (TPSA) is 43.3 Å². The lowest BCUT2D eigenvalue weighted by atomic mass is 9.79. The number of nitrogens with one attached hydrogen (secondary N) is 1. The number of piperidine rings is 1. The highest BCUT2D eigenvalue weighted by atomic mass is 16.5. The van der Waals surface area contributed by atoms with E-state index in [9.17, 15) is 4.79 Å². The SMILES string of the molecule is CC(=O)OCc1c(C2CCNCC2)c2ccccc2n1C1CCC(C(C)C)CC1. The van der Waals surface area contributed by atoms with Gasteiger partial charge >= 0.3 is 5.97 Å². The third kappa shape index (κ3) is 4.23. The van der Waals surface area contributed by atoms with Gasteiger partial charge in [-0.3, -0.25) is 4.79 Å². The van der Waals surface area contributed by atoms with Crippen LogP contribution in [0.3, 0.4) is 0 Å². The quantitative estimate of drug-likeness (QED) is 0.673. The van der Waals surface area contributed by atoms with Crippen molar-refractivity contribution in [2.45, 2.75) is 77.9 Å². The Bertz CT molecular complexity index is 840. The van der Waals surface area contributed by atoms with Crippen molar-refractivity contribution in [1.82, 2.24) is 9.88 Å². The molecular weight excluding hydrogens is 360 g/mol. The summed E-state index contributed by atoms with van der Waals surface area (Å²) in [6.07, 6.45) is 7.35. The van der Waals surface area contributed by atoms with Gasteiger partial charge in [0.1, 0.15) is 6.61 Å². The second-order valence-corrected chi connectivity index (χ2v) is 9.36. The molecule has 2 aromatic rings. The number of esters is 1. The first-order chi connectivity index (χ1) is 14.1. The third-order valence-corrected chi connectivity index (χ3v) is 7.26. The summed E-state index contributed by atoms with van der Waals surface area (Å²) in [6.45, 7) is 8.76. The number of para-hydroxylation sites is 1. The van der Waals surface area contributed by atoms with E-state index in [-0.39, 0.29) is 5.97 Å². The van der Waals surface area contributed by atoms with E-state index in [0.717, 1.165) is 37.8 Å². The van der Waals surface area contributed by atoms with E-state index in [1.54, 1.807) is 0 Å². The number of benzene rings is 1.